The third-order valence-electron chi connectivity index (χ3n) is 9.12. The molecule has 4 aliphatic carbocycles. The molecule has 2 unspecified atom stereocenters. The minimum Gasteiger partial charge on any atom is -1.00 e. The summed E-state index contributed by atoms with van der Waals surface area (Å²) in [6, 6.07) is 7.23. The number of primary amides is 2. The van der Waals surface area contributed by atoms with Crippen LogP contribution in [0.25, 0.3) is 11.6 Å². The van der Waals surface area contributed by atoms with E-state index in [9.17, 15) is 19.2 Å². The summed E-state index contributed by atoms with van der Waals surface area (Å²) in [4.78, 5) is 65.7. The summed E-state index contributed by atoms with van der Waals surface area (Å²) in [5, 5.41) is 20.2. The maximum absolute atomic E-state index is 12.2. The second-order valence-corrected chi connectivity index (χ2v) is 16.0. The zero-order valence-electron chi connectivity index (χ0n) is 32.3. The number of amides is 3. The number of nitrogens with one attached hydrogen (secondary N) is 1. The molecule has 3 amide bonds. The molecular weight excluding hydrogens is 1230 g/mol. The number of fused-ring (bicyclic) bond motifs is 2. The van der Waals surface area contributed by atoms with Crippen LogP contribution in [0.4, 0.5) is 0 Å². The smallest absolute Gasteiger partial charge is 1.00 e. The molecule has 0 spiro atoms. The summed E-state index contributed by atoms with van der Waals surface area (Å²) in [7, 11) is 0. The van der Waals surface area contributed by atoms with Gasteiger partial charge in [0.2, 0.25) is 11.1 Å². The Balaban J connectivity index is 0.000000314. The molecule has 22 heteroatoms. The molecule has 2 fully saturated rings. The molecule has 4 aliphatic rings. The second kappa shape index (κ2) is 24.6. The Morgan fingerprint density at radius 3 is 1.68 bits per heavy atom. The predicted octanol–water partition coefficient (Wildman–Crippen LogP) is -3.10. The molecule has 0 bridgehead atoms. The number of hydrogen-bond donors (Lipinski definition) is 4. The van der Waals surface area contributed by atoms with E-state index in [1.54, 1.807) is 21.8 Å². The first kappa shape index (κ1) is 51.4. The molecule has 4 aromatic rings. The van der Waals surface area contributed by atoms with Crippen molar-refractivity contribution in [3.63, 3.8) is 0 Å². The topological polar surface area (TPSA) is 269 Å². The van der Waals surface area contributed by atoms with Crippen molar-refractivity contribution in [1.82, 2.24) is 34.8 Å². The Labute approximate surface area is 479 Å². The van der Waals surface area contributed by atoms with E-state index in [-0.39, 0.29) is 192 Å². The minimum atomic E-state index is -0.576. The number of halogens is 3. The molecule has 0 saturated heterocycles. The molecule has 0 aliphatic heterocycles. The van der Waals surface area contributed by atoms with Gasteiger partial charge in [-0.2, -0.15) is 10.2 Å². The number of carbonyl (C=O) groups is 5. The largest absolute Gasteiger partial charge is 1.00 e. The van der Waals surface area contributed by atoms with Gasteiger partial charge in [-0.3, -0.25) is 24.0 Å². The van der Waals surface area contributed by atoms with E-state index in [2.05, 4.69) is 75.6 Å². The Morgan fingerprint density at radius 1 is 0.825 bits per heavy atom. The van der Waals surface area contributed by atoms with Crippen molar-refractivity contribution >= 4 is 86.2 Å². The molecule has 2 saturated carbocycles. The fourth-order valence-electron chi connectivity index (χ4n) is 6.27. The molecule has 4 heterocycles. The predicted molar refractivity (Wildman–Crippen MR) is 213 cm³/mol. The van der Waals surface area contributed by atoms with Crippen LogP contribution in [0.2, 0.25) is 0 Å². The van der Waals surface area contributed by atoms with E-state index in [0.29, 0.717) is 11.6 Å². The Kier molecular flexibility index (Phi) is 22.2. The fourth-order valence-corrected chi connectivity index (χ4v) is 7.37. The quantitative estimate of drug-likeness (QED) is 0.0450. The summed E-state index contributed by atoms with van der Waals surface area (Å²) in [5.74, 6) is 0.644. The van der Waals surface area contributed by atoms with E-state index in [1.807, 2.05) is 24.3 Å². The van der Waals surface area contributed by atoms with Crippen molar-refractivity contribution in [2.75, 3.05) is 0 Å². The first-order valence-electron chi connectivity index (χ1n) is 17.4. The Hall–Kier alpha value is 0.0439. The van der Waals surface area contributed by atoms with E-state index >= 15 is 0 Å². The van der Waals surface area contributed by atoms with Crippen LogP contribution in [-0.4, -0.2) is 59.0 Å². The SMILES string of the molecule is NC(=O)c1nn(-c2cc(I)ccn2)c2c1C(N)CCC2.NC(=O)c1nn(-c2cc(I)ccn2)c2c1C(NC(=O)C1CC1)CCC2.O=C(Cl)C1CC1.O=CO[O-].[Cs+].[Cs+].[H-]. The number of pyridine rings is 2. The number of carbonyl (C=O) groups excluding carboxylic acids is 5. The molecule has 17 nitrogen and oxygen atoms in total. The third-order valence-corrected chi connectivity index (χ3v) is 10.8. The second-order valence-electron chi connectivity index (χ2n) is 13.1. The first-order chi connectivity index (χ1) is 26.3. The Bertz CT molecular complexity index is 2090. The molecule has 2 atom stereocenters. The summed E-state index contributed by atoms with van der Waals surface area (Å²) >= 11 is 9.46. The molecule has 0 radical (unpaired) electrons. The third kappa shape index (κ3) is 14.3. The van der Waals surface area contributed by atoms with Crippen molar-refractivity contribution in [1.29, 1.82) is 0 Å². The molecular formula is C35H39ClCs2I2N10O7. The van der Waals surface area contributed by atoms with Crippen molar-refractivity contribution in [3.05, 3.63) is 77.7 Å². The Morgan fingerprint density at radius 2 is 1.28 bits per heavy atom. The summed E-state index contributed by atoms with van der Waals surface area (Å²) in [6.07, 6.45) is 12.5. The van der Waals surface area contributed by atoms with Crippen LogP contribution in [-0.2, 0) is 32.1 Å². The molecule has 7 N–H and O–H groups in total. The average Bonchev–Trinajstić information content (AvgIpc) is 4.10. The summed E-state index contributed by atoms with van der Waals surface area (Å²) in [5.41, 5.74) is 21.0. The van der Waals surface area contributed by atoms with Crippen LogP contribution >= 0.6 is 56.8 Å². The monoisotopic (exact) mass is 1270 g/mol. The van der Waals surface area contributed by atoms with Gasteiger partial charge in [0.25, 0.3) is 18.3 Å². The first-order valence-corrected chi connectivity index (χ1v) is 19.9. The van der Waals surface area contributed by atoms with Gasteiger partial charge < -0.3 is 34.1 Å². The van der Waals surface area contributed by atoms with Crippen LogP contribution < -0.4 is 166 Å². The van der Waals surface area contributed by atoms with Crippen LogP contribution in [0.15, 0.2) is 36.7 Å². The molecule has 0 aromatic carbocycles. The van der Waals surface area contributed by atoms with Gasteiger partial charge in [-0.05, 0) is 145 Å². The van der Waals surface area contributed by atoms with Gasteiger partial charge in [0.1, 0.15) is 0 Å². The van der Waals surface area contributed by atoms with Gasteiger partial charge in [0, 0.05) is 48.5 Å². The normalized spacial score (nSPS) is 17.3. The summed E-state index contributed by atoms with van der Waals surface area (Å²) in [6.45, 7) is -0.181. The van der Waals surface area contributed by atoms with Crippen LogP contribution in [0.1, 0.15) is 108 Å². The van der Waals surface area contributed by atoms with Gasteiger partial charge >= 0.3 is 138 Å². The maximum Gasteiger partial charge on any atom is 1.00 e. The van der Waals surface area contributed by atoms with Crippen LogP contribution in [0.3, 0.4) is 0 Å². The number of rotatable bonds is 8. The van der Waals surface area contributed by atoms with Crippen molar-refractivity contribution in [2.45, 2.75) is 76.3 Å². The standard InChI is InChI=1S/C17H18IN5O2.C13H14IN5O.C4H5ClO.CH2O3.2Cs.H/c18-10-6-7-20-13(8-10)23-12-3-1-2-11(21-17(25)9-4-5-9)14(12)15(22-23)16(19)24;14-7-4-5-17-10(6-7)19-9-3-1-2-8(15)11(9)12(18-19)13(16)20;5-4(6)3-1-2-3;2-1-4-3;;;/h6-9,11H,1-5H2,(H2,19,24)(H,21,25);4-6,8H,1-3,15H2,(H2,16,20);3H,1-2H2;1,3H;;;/q;;;;2*+1;-1/p-1. The van der Waals surface area contributed by atoms with E-state index < -0.39 is 11.8 Å². The molecule has 57 heavy (non-hydrogen) atoms. The fraction of sp³-hybridized carbons (Fsp3) is 0.400. The van der Waals surface area contributed by atoms with E-state index in [1.165, 1.54) is 0 Å². The van der Waals surface area contributed by atoms with Gasteiger partial charge in [-0.1, -0.05) is 0 Å². The van der Waals surface area contributed by atoms with Gasteiger partial charge in [-0.25, -0.2) is 19.3 Å². The van der Waals surface area contributed by atoms with Crippen molar-refractivity contribution in [3.8, 4) is 11.6 Å². The zero-order chi connectivity index (χ0) is 39.8. The van der Waals surface area contributed by atoms with Crippen LogP contribution in [0, 0.1) is 19.0 Å². The molecule has 294 valence electrons. The molecule has 8 rings (SSSR count). The van der Waals surface area contributed by atoms with Gasteiger partial charge in [0.15, 0.2) is 23.0 Å². The number of hydrogen-bond acceptors (Lipinski definition) is 12. The van der Waals surface area contributed by atoms with Crippen molar-refractivity contribution in [2.24, 2.45) is 29.0 Å². The van der Waals surface area contributed by atoms with Gasteiger partial charge in [-0.15, -0.1) is 0 Å². The van der Waals surface area contributed by atoms with Crippen molar-refractivity contribution < 1.29 is 173 Å². The summed E-state index contributed by atoms with van der Waals surface area (Å²) < 4.78 is 5.49. The van der Waals surface area contributed by atoms with E-state index in [0.717, 1.165) is 93.9 Å². The minimum absolute atomic E-state index is 0. The maximum atomic E-state index is 12.2. The zero-order valence-corrected chi connectivity index (χ0v) is 49.0. The number of nitrogens with two attached hydrogens (primary N) is 3. The number of aromatic nitrogens is 6. The molecule has 4 aromatic heterocycles. The van der Waals surface area contributed by atoms with Gasteiger partial charge in [0.05, 0.1) is 17.4 Å². The van der Waals surface area contributed by atoms with Crippen LogP contribution in [0.5, 0.6) is 0 Å². The average molecular weight is 1270 g/mol. The van der Waals surface area contributed by atoms with E-state index in [4.69, 9.17) is 38.9 Å². The number of nitrogens with zero attached hydrogens (tertiary/aromatic N) is 6.